The first kappa shape index (κ1) is 80.8. The zero-order valence-corrected chi connectivity index (χ0v) is 59.3. The van der Waals surface area contributed by atoms with Crippen LogP contribution in [-0.4, -0.2) is 280 Å². The molecule has 2 saturated heterocycles. The lowest BCUT2D eigenvalue weighted by Gasteiger charge is -2.16. The lowest BCUT2D eigenvalue weighted by molar-refractivity contribution is -0.0357. The van der Waals surface area contributed by atoms with E-state index in [1.54, 1.807) is 42.0 Å². The highest BCUT2D eigenvalue weighted by Crippen LogP contribution is 2.34. The van der Waals surface area contributed by atoms with Gasteiger partial charge < -0.3 is 78.1 Å². The van der Waals surface area contributed by atoms with Gasteiger partial charge in [0.25, 0.3) is 23.6 Å². The summed E-state index contributed by atoms with van der Waals surface area (Å²) in [6, 6.07) is 0. The lowest BCUT2D eigenvalue weighted by Crippen LogP contribution is -2.30. The van der Waals surface area contributed by atoms with Gasteiger partial charge in [-0.15, -0.1) is 25.5 Å². The van der Waals surface area contributed by atoms with E-state index in [0.717, 1.165) is 55.3 Å². The Balaban J connectivity index is 0.000000160. The van der Waals surface area contributed by atoms with E-state index in [-0.39, 0.29) is 51.1 Å². The number of rotatable bonds is 13. The first-order chi connectivity index (χ1) is 51.8. The molecule has 8 atom stereocenters. The first-order valence-electron chi connectivity index (χ1n) is 31.1. The number of ether oxygens (including phenoxy) is 2. The number of amides is 4. The minimum absolute atomic E-state index is 0.0551. The van der Waals surface area contributed by atoms with Gasteiger partial charge in [-0.3, -0.25) is 33.3 Å². The Hall–Kier alpha value is -13.9. The summed E-state index contributed by atoms with van der Waals surface area (Å²) in [5.41, 5.74) is 16.1. The number of oxime groups is 1. The highest BCUT2D eigenvalue weighted by molar-refractivity contribution is 5.98. The molecule has 14 heterocycles. The summed E-state index contributed by atoms with van der Waals surface area (Å²) in [5.74, 6) is -3.55. The van der Waals surface area contributed by atoms with Crippen molar-refractivity contribution in [1.82, 2.24) is 157 Å². The van der Waals surface area contributed by atoms with E-state index >= 15 is 0 Å². The molecule has 55 nitrogen and oxygen atoms in total. The number of aliphatic hydroxyl groups excluding tert-OH is 4. The smallest absolute Gasteiger partial charge is 0.352 e. The van der Waals surface area contributed by atoms with Gasteiger partial charge in [0.1, 0.15) is 92.4 Å². The Morgan fingerprint density at radius 1 is 0.505 bits per heavy atom. The fraction of sp³-hybridized carbons (Fsp3) is 0.407. The molecule has 0 unspecified atom stereocenters. The predicted molar refractivity (Wildman–Crippen MR) is 364 cm³/mol. The second-order valence-electron chi connectivity index (χ2n) is 22.4. The maximum absolute atomic E-state index is 11.9. The van der Waals surface area contributed by atoms with E-state index in [1.165, 1.54) is 97.7 Å². The molecule has 0 saturated carbocycles. The summed E-state index contributed by atoms with van der Waals surface area (Å²) >= 11 is 0. The first-order valence-corrected chi connectivity index (χ1v) is 31.1. The van der Waals surface area contributed by atoms with Crippen LogP contribution >= 0.6 is 0 Å². The van der Waals surface area contributed by atoms with Gasteiger partial charge in [0, 0.05) is 55.9 Å². The van der Waals surface area contributed by atoms with Gasteiger partial charge >= 0.3 is 28.4 Å². The Morgan fingerprint density at radius 2 is 0.881 bits per heavy atom. The van der Waals surface area contributed by atoms with Gasteiger partial charge in [0.2, 0.25) is 11.8 Å². The number of carbonyl (C=O) groups is 4. The van der Waals surface area contributed by atoms with Crippen LogP contribution in [0.1, 0.15) is 91.2 Å². The van der Waals surface area contributed by atoms with Crippen molar-refractivity contribution < 1.29 is 64.1 Å². The van der Waals surface area contributed by atoms with Crippen LogP contribution in [0.3, 0.4) is 0 Å². The molecule has 0 spiro atoms. The van der Waals surface area contributed by atoms with Crippen molar-refractivity contribution in [3.63, 3.8) is 0 Å². The van der Waals surface area contributed by atoms with Crippen molar-refractivity contribution >= 4 is 64.3 Å². The van der Waals surface area contributed by atoms with Crippen LogP contribution in [0.25, 0.3) is 28.2 Å². The van der Waals surface area contributed by atoms with Gasteiger partial charge in [-0.05, 0) is 27.9 Å². The average molecular weight is 1530 g/mol. The molecule has 109 heavy (non-hydrogen) atoms. The van der Waals surface area contributed by atoms with Crippen LogP contribution < -0.4 is 61.6 Å². The third kappa shape index (κ3) is 17.1. The molecule has 12 aromatic rings. The van der Waals surface area contributed by atoms with E-state index in [2.05, 4.69) is 117 Å². The summed E-state index contributed by atoms with van der Waals surface area (Å²) in [5, 5.41) is 107. The normalized spacial score (nSPS) is 17.9. The summed E-state index contributed by atoms with van der Waals surface area (Å²) in [6.45, 7) is 4.04. The molecule has 580 valence electrons. The molecule has 0 aliphatic carbocycles. The number of primary amides is 3. The SMILES string of the molecule is CN=Cc1ncn2c(=O)n(C)nnc12.CNC(=O)c1ncn2c(=O)n(C)nnc12.CNCc1nc(C(N)=O)c2nnn(C)c(=O)n12.CNCc1ncn2c(=O)n(C)nnc12.CO/N=C\c1ncn2c(=O)n(C)nnc12.C[C@H]1O[C@@H](n2cnc(C(N)=O)c2O)[C@H](O)[C@@H]1O.C[C@H]1O[C@@H](n2cnc(C(N)=O)c2O)[C@H](O)[C@@H]1O. The van der Waals surface area contributed by atoms with Crippen molar-refractivity contribution in [3.05, 3.63) is 136 Å². The number of hydrogen-bond donors (Lipinski definition) is 12. The number of fused-ring (bicyclic) bond motifs is 5. The van der Waals surface area contributed by atoms with Crippen molar-refractivity contribution in [2.45, 2.75) is 76.0 Å². The standard InChI is InChI=1S/2C9H13N3O5.C8H11N7O2.2C7H8N6O2.C7H10N6O.C7H8N6O/c2*1-3-5(13)6(14)9(17-3)12-2-11-4(7(10)15)8(12)16;1-10-3-4-11-5(6(9)16)7-12-13-14(2)8(17)15(4)7;1-8-6(14)4-5-10-11-12(2)7(15)13(5)3-9-4;1-12-7(14)13-4-8-5(3-9-15-2)6(13)10-11-12;2*1-8-3-5-6-10-11-12(2)7(14)13(6)4-9-5/h2*2-3,5-6,9,13-14,16H,1H3,(H2,10,15);10H,3H2,1-2H3,(H2,9,16);3H,1-2H3,(H,8,14);3-4H,1-2H3;4,8H,3H2,1-2H3;3-4H,1-2H3/b;;;;9-3-;;/t2*3-,5-,6-,9-;;;;;/m11...../s1. The second-order valence-corrected chi connectivity index (χ2v) is 22.4. The molecule has 12 aromatic heterocycles. The fourth-order valence-electron chi connectivity index (χ4n) is 9.61. The van der Waals surface area contributed by atoms with Crippen LogP contribution in [0.4, 0.5) is 0 Å². The Labute approximate surface area is 605 Å². The van der Waals surface area contributed by atoms with Gasteiger partial charge in [-0.1, -0.05) is 31.2 Å². The number of carbonyl (C=O) groups excluding carboxylic acids is 4. The minimum Gasteiger partial charge on any atom is -0.493 e. The molecule has 0 aromatic carbocycles. The number of nitrogens with one attached hydrogen (secondary N) is 3. The number of aromatic nitrogens is 29. The largest absolute Gasteiger partial charge is 0.493 e. The fourth-order valence-corrected chi connectivity index (χ4v) is 9.61. The van der Waals surface area contributed by atoms with E-state index in [9.17, 15) is 73.8 Å². The zero-order chi connectivity index (χ0) is 80.2. The summed E-state index contributed by atoms with van der Waals surface area (Å²) in [7, 11) is 15.5. The topological polar surface area (TPSA) is 717 Å². The quantitative estimate of drug-likeness (QED) is 0.0377. The van der Waals surface area contributed by atoms with E-state index in [1.807, 2.05) is 0 Å². The molecular weight excluding hydrogens is 1450 g/mol. The van der Waals surface area contributed by atoms with Gasteiger partial charge in [0.05, 0.1) is 31.2 Å². The Bertz CT molecular complexity index is 5590. The summed E-state index contributed by atoms with van der Waals surface area (Å²) in [6.07, 6.45) is 2.86. The number of hydrogen-bond acceptors (Lipinski definition) is 39. The number of aliphatic imine (C=N–C) groups is 1. The molecule has 2 aliphatic heterocycles. The van der Waals surface area contributed by atoms with E-state index in [4.69, 9.17) is 26.7 Å². The van der Waals surface area contributed by atoms with Crippen LogP contribution in [0.2, 0.25) is 0 Å². The highest BCUT2D eigenvalue weighted by atomic mass is 16.6. The molecule has 15 N–H and O–H groups in total. The zero-order valence-electron chi connectivity index (χ0n) is 59.3. The van der Waals surface area contributed by atoms with Gasteiger partial charge in [-0.25, -0.2) is 80.9 Å². The second kappa shape index (κ2) is 34.8. The minimum atomic E-state index is -1.22. The molecule has 14 rings (SSSR count). The van der Waals surface area contributed by atoms with Crippen molar-refractivity contribution in [3.8, 4) is 11.8 Å². The maximum atomic E-state index is 11.9. The third-order valence-electron chi connectivity index (χ3n) is 15.2. The maximum Gasteiger partial charge on any atom is 0.352 e. The van der Waals surface area contributed by atoms with Gasteiger partial charge in [-0.2, -0.15) is 23.4 Å². The summed E-state index contributed by atoms with van der Waals surface area (Å²) in [4.78, 5) is 138. The lowest BCUT2D eigenvalue weighted by atomic mass is 10.1. The molecule has 55 heteroatoms. The van der Waals surface area contributed by atoms with Crippen LogP contribution in [0.5, 0.6) is 11.8 Å². The molecule has 2 aliphatic rings. The number of nitrogens with two attached hydrogens (primary N) is 3. The van der Waals surface area contributed by atoms with Gasteiger partial charge in [0.15, 0.2) is 63.5 Å². The van der Waals surface area contributed by atoms with E-state index < -0.39 is 95.8 Å². The van der Waals surface area contributed by atoms with Crippen LogP contribution in [0.15, 0.2) is 72.1 Å². The Morgan fingerprint density at radius 3 is 1.28 bits per heavy atom. The predicted octanol–water partition coefficient (Wildman–Crippen LogP) is -11.3. The third-order valence-corrected chi connectivity index (χ3v) is 15.2. The molecule has 0 bridgehead atoms. The number of aromatic hydroxyl groups is 2. The van der Waals surface area contributed by atoms with Crippen LogP contribution in [-0.2, 0) is 62.6 Å². The highest BCUT2D eigenvalue weighted by Gasteiger charge is 2.44. The van der Waals surface area contributed by atoms with Crippen molar-refractivity contribution in [1.29, 1.82) is 0 Å². The summed E-state index contributed by atoms with van der Waals surface area (Å²) < 4.78 is 24.5. The van der Waals surface area contributed by atoms with Crippen molar-refractivity contribution in [2.24, 2.45) is 62.6 Å². The average Bonchev–Trinajstić information content (AvgIpc) is 1.61. The van der Waals surface area contributed by atoms with Crippen LogP contribution in [0, 0.1) is 0 Å². The Kier molecular flexibility index (Phi) is 25.8. The molecular formula is C54H71N37O18. The monoisotopic (exact) mass is 1530 g/mol. The number of nitrogens with zero attached hydrogens (tertiary/aromatic N) is 31. The number of aryl methyl sites for hydroxylation is 5. The number of aliphatic hydroxyl groups is 4. The molecule has 4 amide bonds. The van der Waals surface area contributed by atoms with Crippen molar-refractivity contribution in [2.75, 3.05) is 35.3 Å². The number of imidazole rings is 7. The molecule has 2 fully saturated rings. The molecule has 0 radical (unpaired) electrons. The van der Waals surface area contributed by atoms with E-state index in [0.29, 0.717) is 47.2 Å².